The Bertz CT molecular complexity index is 945. The lowest BCUT2D eigenvalue weighted by molar-refractivity contribution is 0.646. The minimum absolute atomic E-state index is 0.305. The molecule has 1 aliphatic heterocycles. The van der Waals surface area contributed by atoms with Crippen molar-refractivity contribution in [3.05, 3.63) is 82.5 Å². The Kier molecular flexibility index (Phi) is 4.86. The molecule has 3 unspecified atom stereocenters. The van der Waals surface area contributed by atoms with Crippen LogP contribution in [0.2, 0.25) is 0 Å². The SMILES string of the molecule is CC.Cc1ccc2c(c1C1CC(C3=CC(C)C=C3)C=N1)Cc1ccccc1-2. The lowest BCUT2D eigenvalue weighted by Crippen LogP contribution is -2.05. The first kappa shape index (κ1) is 18.0. The van der Waals surface area contributed by atoms with E-state index in [2.05, 4.69) is 74.7 Å². The number of fused-ring (bicyclic) bond motifs is 3. The van der Waals surface area contributed by atoms with E-state index in [-0.39, 0.29) is 0 Å². The number of hydrogen-bond acceptors (Lipinski definition) is 1. The number of aliphatic imine (C=N–C) groups is 1. The molecule has 1 nitrogen and oxygen atoms in total. The van der Waals surface area contributed by atoms with Gasteiger partial charge in [-0.05, 0) is 64.6 Å². The topological polar surface area (TPSA) is 12.4 Å². The minimum Gasteiger partial charge on any atom is -0.289 e. The Labute approximate surface area is 163 Å². The Morgan fingerprint density at radius 3 is 2.59 bits per heavy atom. The first-order chi connectivity index (χ1) is 13.2. The molecule has 3 atom stereocenters. The summed E-state index contributed by atoms with van der Waals surface area (Å²) >= 11 is 0. The van der Waals surface area contributed by atoms with Gasteiger partial charge in [0.2, 0.25) is 0 Å². The zero-order valence-electron chi connectivity index (χ0n) is 16.9. The molecule has 0 aromatic heterocycles. The summed E-state index contributed by atoms with van der Waals surface area (Å²) < 4.78 is 0. The lowest BCUT2D eigenvalue weighted by atomic mass is 9.87. The van der Waals surface area contributed by atoms with E-state index in [9.17, 15) is 0 Å². The van der Waals surface area contributed by atoms with Crippen molar-refractivity contribution in [1.82, 2.24) is 0 Å². The van der Waals surface area contributed by atoms with Gasteiger partial charge >= 0.3 is 0 Å². The van der Waals surface area contributed by atoms with E-state index in [0.717, 1.165) is 12.8 Å². The van der Waals surface area contributed by atoms with Gasteiger partial charge in [0, 0.05) is 12.1 Å². The monoisotopic (exact) mass is 355 g/mol. The largest absolute Gasteiger partial charge is 0.289 e. The molecule has 0 N–H and O–H groups in total. The normalized spacial score (nSPS) is 24.3. The fourth-order valence-electron chi connectivity index (χ4n) is 4.73. The van der Waals surface area contributed by atoms with Crippen LogP contribution in [0.1, 0.15) is 55.5 Å². The molecule has 0 amide bonds. The van der Waals surface area contributed by atoms with Crippen LogP contribution < -0.4 is 0 Å². The van der Waals surface area contributed by atoms with E-state index >= 15 is 0 Å². The Balaban J connectivity index is 0.000000872. The Hall–Kier alpha value is -2.41. The number of hydrogen-bond donors (Lipinski definition) is 0. The van der Waals surface area contributed by atoms with Crippen molar-refractivity contribution < 1.29 is 0 Å². The summed E-state index contributed by atoms with van der Waals surface area (Å²) in [5.74, 6) is 1.05. The van der Waals surface area contributed by atoms with Crippen LogP contribution in [0.5, 0.6) is 0 Å². The van der Waals surface area contributed by atoms with Gasteiger partial charge in [-0.2, -0.15) is 0 Å². The van der Waals surface area contributed by atoms with Crippen molar-refractivity contribution in [3.63, 3.8) is 0 Å². The molecule has 1 heterocycles. The summed E-state index contributed by atoms with van der Waals surface area (Å²) in [5.41, 5.74) is 10.1. The number of nitrogens with zero attached hydrogens (tertiary/aromatic N) is 1. The summed E-state index contributed by atoms with van der Waals surface area (Å²) in [6.45, 7) is 8.50. The van der Waals surface area contributed by atoms with E-state index in [1.54, 1.807) is 0 Å². The first-order valence-corrected chi connectivity index (χ1v) is 10.3. The zero-order valence-corrected chi connectivity index (χ0v) is 16.9. The van der Waals surface area contributed by atoms with Crippen LogP contribution in [0.3, 0.4) is 0 Å². The average Bonchev–Trinajstić information content (AvgIpc) is 3.41. The van der Waals surface area contributed by atoms with Crippen LogP contribution in [0.15, 0.2) is 65.2 Å². The van der Waals surface area contributed by atoms with Crippen LogP contribution >= 0.6 is 0 Å². The second-order valence-electron chi connectivity index (χ2n) is 7.70. The molecule has 138 valence electrons. The van der Waals surface area contributed by atoms with Crippen LogP contribution in [-0.2, 0) is 6.42 Å². The van der Waals surface area contributed by atoms with Crippen LogP contribution in [0, 0.1) is 18.8 Å². The van der Waals surface area contributed by atoms with Gasteiger partial charge in [-0.15, -0.1) is 0 Å². The summed E-state index contributed by atoms with van der Waals surface area (Å²) in [5, 5.41) is 0. The maximum Gasteiger partial charge on any atom is 0.0760 e. The molecule has 27 heavy (non-hydrogen) atoms. The Morgan fingerprint density at radius 2 is 1.81 bits per heavy atom. The zero-order chi connectivity index (χ0) is 19.0. The van der Waals surface area contributed by atoms with Crippen molar-refractivity contribution in [1.29, 1.82) is 0 Å². The molecule has 2 aromatic rings. The van der Waals surface area contributed by atoms with Gasteiger partial charge in [-0.3, -0.25) is 4.99 Å². The predicted molar refractivity (Wildman–Crippen MR) is 116 cm³/mol. The molecule has 2 aromatic carbocycles. The van der Waals surface area contributed by atoms with Crippen molar-refractivity contribution in [2.24, 2.45) is 16.8 Å². The van der Waals surface area contributed by atoms with Crippen molar-refractivity contribution >= 4 is 6.21 Å². The van der Waals surface area contributed by atoms with Crippen molar-refractivity contribution in [3.8, 4) is 11.1 Å². The minimum atomic E-state index is 0.305. The van der Waals surface area contributed by atoms with E-state index in [1.165, 1.54) is 39.0 Å². The highest BCUT2D eigenvalue weighted by Crippen LogP contribution is 2.45. The number of benzene rings is 2. The van der Waals surface area contributed by atoms with Crippen LogP contribution in [0.25, 0.3) is 11.1 Å². The fourth-order valence-corrected chi connectivity index (χ4v) is 4.73. The van der Waals surface area contributed by atoms with Crippen molar-refractivity contribution in [2.45, 2.75) is 46.6 Å². The van der Waals surface area contributed by atoms with Gasteiger partial charge < -0.3 is 0 Å². The van der Waals surface area contributed by atoms with Gasteiger partial charge in [0.15, 0.2) is 0 Å². The molecule has 0 fully saturated rings. The standard InChI is InChI=1S/C24H23N.C2H6/c1-15-7-9-17(11-15)19-13-23(25-14-19)24-16(2)8-10-21-20-6-4-3-5-18(20)12-22(21)24;1-2/h3-11,14-15,19,23H,12-13H2,1-2H3;1-2H3. The summed E-state index contributed by atoms with van der Waals surface area (Å²) in [4.78, 5) is 4.96. The lowest BCUT2D eigenvalue weighted by Gasteiger charge is -2.18. The van der Waals surface area contributed by atoms with Crippen LogP contribution in [-0.4, -0.2) is 6.21 Å². The quantitative estimate of drug-likeness (QED) is 0.476. The van der Waals surface area contributed by atoms with Gasteiger partial charge in [-0.25, -0.2) is 0 Å². The number of allylic oxidation sites excluding steroid dienone is 4. The predicted octanol–water partition coefficient (Wildman–Crippen LogP) is 6.86. The van der Waals surface area contributed by atoms with Crippen molar-refractivity contribution in [2.75, 3.05) is 0 Å². The van der Waals surface area contributed by atoms with E-state index in [0.29, 0.717) is 17.9 Å². The molecule has 0 bridgehead atoms. The third kappa shape index (κ3) is 3.10. The second kappa shape index (κ2) is 7.31. The maximum atomic E-state index is 4.96. The second-order valence-corrected chi connectivity index (χ2v) is 7.70. The maximum absolute atomic E-state index is 4.96. The Morgan fingerprint density at radius 1 is 1.00 bits per heavy atom. The molecule has 0 spiro atoms. The van der Waals surface area contributed by atoms with E-state index < -0.39 is 0 Å². The van der Waals surface area contributed by atoms with Gasteiger partial charge in [0.05, 0.1) is 6.04 Å². The molecule has 3 aliphatic rings. The van der Waals surface area contributed by atoms with Gasteiger partial charge in [0.25, 0.3) is 0 Å². The summed E-state index contributed by atoms with van der Waals surface area (Å²) in [6, 6.07) is 13.7. The average molecular weight is 356 g/mol. The molecule has 0 saturated carbocycles. The van der Waals surface area contributed by atoms with E-state index in [4.69, 9.17) is 4.99 Å². The number of rotatable bonds is 2. The molecule has 2 aliphatic carbocycles. The highest BCUT2D eigenvalue weighted by atomic mass is 14.8. The highest BCUT2D eigenvalue weighted by molar-refractivity contribution is 5.79. The first-order valence-electron chi connectivity index (χ1n) is 10.3. The van der Waals surface area contributed by atoms with E-state index in [1.807, 2.05) is 13.8 Å². The smallest absolute Gasteiger partial charge is 0.0760 e. The summed E-state index contributed by atoms with van der Waals surface area (Å²) in [7, 11) is 0. The molecule has 0 radical (unpaired) electrons. The molecular weight excluding hydrogens is 326 g/mol. The van der Waals surface area contributed by atoms with Crippen LogP contribution in [0.4, 0.5) is 0 Å². The third-order valence-electron chi connectivity index (χ3n) is 5.98. The molecule has 5 rings (SSSR count). The molecule has 0 saturated heterocycles. The molecular formula is C26H29N. The number of aryl methyl sites for hydroxylation is 1. The highest BCUT2D eigenvalue weighted by Gasteiger charge is 2.30. The molecule has 1 heteroatoms. The fraction of sp³-hybridized carbons (Fsp3) is 0.346. The third-order valence-corrected chi connectivity index (χ3v) is 5.98. The van der Waals surface area contributed by atoms with Gasteiger partial charge in [0.1, 0.15) is 0 Å². The van der Waals surface area contributed by atoms with Gasteiger partial charge in [-0.1, -0.05) is 75.4 Å². The summed E-state index contributed by atoms with van der Waals surface area (Å²) in [6.07, 6.45) is 11.3.